The Hall–Kier alpha value is -0.960. The predicted octanol–water partition coefficient (Wildman–Crippen LogP) is 1.32. The molecular weight excluding hydrogens is 232 g/mol. The molecule has 2 heterocycles. The first-order chi connectivity index (χ1) is 8.22. The largest absolute Gasteiger partial charge is 0.304 e. The van der Waals surface area contributed by atoms with Crippen molar-refractivity contribution in [2.45, 2.75) is 19.9 Å². The molecule has 0 N–H and O–H groups in total. The van der Waals surface area contributed by atoms with Crippen LogP contribution in [-0.2, 0) is 13.0 Å². The number of rotatable bonds is 3. The number of aryl methyl sites for hydroxylation is 1. The molecule has 4 nitrogen and oxygen atoms in total. The zero-order valence-corrected chi connectivity index (χ0v) is 11.3. The first-order valence-corrected chi connectivity index (χ1v) is 6.84. The van der Waals surface area contributed by atoms with Gasteiger partial charge in [-0.3, -0.25) is 4.90 Å². The molecular formula is C12H18N4S. The first kappa shape index (κ1) is 12.5. The van der Waals surface area contributed by atoms with Crippen LogP contribution in [0.4, 0.5) is 0 Å². The summed E-state index contributed by atoms with van der Waals surface area (Å²) < 4.78 is 0. The summed E-state index contributed by atoms with van der Waals surface area (Å²) in [5, 5.41) is 10.1. The minimum Gasteiger partial charge on any atom is -0.304 e. The number of nitrogens with zero attached hydrogens (tertiary/aromatic N) is 4. The lowest BCUT2D eigenvalue weighted by molar-refractivity contribution is 0.148. The quantitative estimate of drug-likeness (QED) is 0.811. The van der Waals surface area contributed by atoms with Crippen molar-refractivity contribution < 1.29 is 0 Å². The van der Waals surface area contributed by atoms with Gasteiger partial charge in [0.15, 0.2) is 0 Å². The zero-order chi connectivity index (χ0) is 12.3. The van der Waals surface area contributed by atoms with Crippen LogP contribution in [-0.4, -0.2) is 48.0 Å². The number of piperazine rings is 1. The van der Waals surface area contributed by atoms with E-state index in [2.05, 4.69) is 34.8 Å². The summed E-state index contributed by atoms with van der Waals surface area (Å²) in [5.41, 5.74) is 0.960. The Morgan fingerprint density at radius 2 is 2.06 bits per heavy atom. The first-order valence-electron chi connectivity index (χ1n) is 6.02. The van der Waals surface area contributed by atoms with Gasteiger partial charge in [-0.15, -0.1) is 11.3 Å². The maximum Gasteiger partial charge on any atom is 0.128 e. The fourth-order valence-electron chi connectivity index (χ4n) is 1.99. The van der Waals surface area contributed by atoms with Gasteiger partial charge in [-0.2, -0.15) is 5.26 Å². The minimum atomic E-state index is 0.789. The number of nitriles is 1. The lowest BCUT2D eigenvalue weighted by Gasteiger charge is -2.31. The molecule has 0 aromatic carbocycles. The van der Waals surface area contributed by atoms with E-state index in [0.717, 1.165) is 54.7 Å². The summed E-state index contributed by atoms with van der Waals surface area (Å²) >= 11 is 1.55. The molecule has 0 bridgehead atoms. The third kappa shape index (κ3) is 3.03. The van der Waals surface area contributed by atoms with Crippen LogP contribution in [0.15, 0.2) is 0 Å². The molecule has 5 heteroatoms. The van der Waals surface area contributed by atoms with Crippen LogP contribution in [0.3, 0.4) is 0 Å². The molecule has 0 aliphatic carbocycles. The Bertz CT molecular complexity index is 413. The van der Waals surface area contributed by atoms with Gasteiger partial charge >= 0.3 is 0 Å². The van der Waals surface area contributed by atoms with Crippen molar-refractivity contribution in [3.8, 4) is 6.07 Å². The molecule has 0 unspecified atom stereocenters. The highest BCUT2D eigenvalue weighted by Crippen LogP contribution is 2.20. The van der Waals surface area contributed by atoms with E-state index in [0.29, 0.717) is 0 Å². The van der Waals surface area contributed by atoms with Crippen LogP contribution in [0.2, 0.25) is 0 Å². The summed E-state index contributed by atoms with van der Waals surface area (Å²) in [4.78, 5) is 10.1. The Balaban J connectivity index is 1.99. The molecule has 1 aromatic rings. The van der Waals surface area contributed by atoms with E-state index in [1.807, 2.05) is 0 Å². The van der Waals surface area contributed by atoms with Gasteiger partial charge in [-0.05, 0) is 13.5 Å². The van der Waals surface area contributed by atoms with Gasteiger partial charge in [0.1, 0.15) is 16.0 Å². The molecule has 0 radical (unpaired) electrons. The van der Waals surface area contributed by atoms with Crippen molar-refractivity contribution in [3.63, 3.8) is 0 Å². The summed E-state index contributed by atoms with van der Waals surface area (Å²) in [6, 6.07) is 2.24. The molecule has 1 aliphatic heterocycles. The number of hydrogen-bond donors (Lipinski definition) is 0. The Labute approximate surface area is 106 Å². The van der Waals surface area contributed by atoms with Gasteiger partial charge in [0.05, 0.1) is 12.2 Å². The fourth-order valence-corrected chi connectivity index (χ4v) is 2.98. The van der Waals surface area contributed by atoms with Crippen LogP contribution in [0, 0.1) is 11.3 Å². The SMILES string of the molecule is CCc1nc(CN2CCN(C)CC2)sc1C#N. The average Bonchev–Trinajstić information content (AvgIpc) is 2.74. The Morgan fingerprint density at radius 3 is 2.59 bits per heavy atom. The molecule has 0 saturated carbocycles. The molecule has 0 amide bonds. The standard InChI is InChI=1S/C12H18N4S/c1-3-10-11(8-13)17-12(14-10)9-16-6-4-15(2)5-7-16/h3-7,9H2,1-2H3. The van der Waals surface area contributed by atoms with E-state index in [9.17, 15) is 0 Å². The molecule has 1 saturated heterocycles. The maximum absolute atomic E-state index is 9.00. The summed E-state index contributed by atoms with van der Waals surface area (Å²) in [5.74, 6) is 0. The van der Waals surface area contributed by atoms with Gasteiger partial charge in [0.2, 0.25) is 0 Å². The van der Waals surface area contributed by atoms with E-state index in [-0.39, 0.29) is 0 Å². The predicted molar refractivity (Wildman–Crippen MR) is 69.0 cm³/mol. The summed E-state index contributed by atoms with van der Waals surface area (Å²) in [6.07, 6.45) is 0.849. The normalized spacial score (nSPS) is 18.2. The van der Waals surface area contributed by atoms with E-state index < -0.39 is 0 Å². The van der Waals surface area contributed by atoms with Crippen LogP contribution in [0.5, 0.6) is 0 Å². The van der Waals surface area contributed by atoms with Crippen molar-refractivity contribution >= 4 is 11.3 Å². The van der Waals surface area contributed by atoms with Crippen LogP contribution in [0.1, 0.15) is 22.5 Å². The third-order valence-electron chi connectivity index (χ3n) is 3.13. The number of likely N-dealkylation sites (N-methyl/N-ethyl adjacent to an activating group) is 1. The smallest absolute Gasteiger partial charge is 0.128 e. The van der Waals surface area contributed by atoms with Gasteiger partial charge < -0.3 is 4.90 Å². The third-order valence-corrected chi connectivity index (χ3v) is 4.12. The second kappa shape index (κ2) is 5.58. The van der Waals surface area contributed by atoms with Crippen molar-refractivity contribution in [2.24, 2.45) is 0 Å². The van der Waals surface area contributed by atoms with Gasteiger partial charge in [0.25, 0.3) is 0 Å². The average molecular weight is 250 g/mol. The monoisotopic (exact) mass is 250 g/mol. The van der Waals surface area contributed by atoms with E-state index in [1.165, 1.54) is 0 Å². The molecule has 2 rings (SSSR count). The second-order valence-electron chi connectivity index (χ2n) is 4.43. The van der Waals surface area contributed by atoms with E-state index >= 15 is 0 Å². The summed E-state index contributed by atoms with van der Waals surface area (Å²) in [6.45, 7) is 7.38. The molecule has 1 aromatic heterocycles. The highest BCUT2D eigenvalue weighted by Gasteiger charge is 2.16. The van der Waals surface area contributed by atoms with Crippen LogP contribution >= 0.6 is 11.3 Å². The number of hydrogen-bond acceptors (Lipinski definition) is 5. The van der Waals surface area contributed by atoms with Crippen LogP contribution < -0.4 is 0 Å². The lowest BCUT2D eigenvalue weighted by atomic mass is 10.3. The van der Waals surface area contributed by atoms with E-state index in [4.69, 9.17) is 5.26 Å². The highest BCUT2D eigenvalue weighted by atomic mass is 32.1. The molecule has 0 atom stereocenters. The minimum absolute atomic E-state index is 0.789. The van der Waals surface area contributed by atoms with Crippen molar-refractivity contribution in [1.29, 1.82) is 5.26 Å². The second-order valence-corrected chi connectivity index (χ2v) is 5.51. The Morgan fingerprint density at radius 1 is 1.35 bits per heavy atom. The lowest BCUT2D eigenvalue weighted by Crippen LogP contribution is -2.43. The van der Waals surface area contributed by atoms with Crippen LogP contribution in [0.25, 0.3) is 0 Å². The Kier molecular flexibility index (Phi) is 4.11. The van der Waals surface area contributed by atoms with E-state index in [1.54, 1.807) is 11.3 Å². The molecule has 1 aliphatic rings. The molecule has 17 heavy (non-hydrogen) atoms. The highest BCUT2D eigenvalue weighted by molar-refractivity contribution is 7.12. The molecule has 0 spiro atoms. The molecule has 1 fully saturated rings. The molecule has 92 valence electrons. The van der Waals surface area contributed by atoms with Crippen molar-refractivity contribution in [3.05, 3.63) is 15.6 Å². The van der Waals surface area contributed by atoms with Crippen molar-refractivity contribution in [1.82, 2.24) is 14.8 Å². The zero-order valence-electron chi connectivity index (χ0n) is 10.4. The van der Waals surface area contributed by atoms with Gasteiger partial charge in [-0.25, -0.2) is 4.98 Å². The topological polar surface area (TPSA) is 43.2 Å². The fraction of sp³-hybridized carbons (Fsp3) is 0.667. The summed E-state index contributed by atoms with van der Waals surface area (Å²) in [7, 11) is 2.16. The van der Waals surface area contributed by atoms with Gasteiger partial charge in [-0.1, -0.05) is 6.92 Å². The number of aromatic nitrogens is 1. The maximum atomic E-state index is 9.00. The van der Waals surface area contributed by atoms with Crippen molar-refractivity contribution in [2.75, 3.05) is 33.2 Å². The van der Waals surface area contributed by atoms with Gasteiger partial charge in [0, 0.05) is 26.2 Å². The number of thiazole rings is 1.